The van der Waals surface area contributed by atoms with Crippen LogP contribution in [0.5, 0.6) is 5.75 Å². The van der Waals surface area contributed by atoms with E-state index in [9.17, 15) is 15.0 Å². The van der Waals surface area contributed by atoms with Crippen LogP contribution >= 0.6 is 0 Å². The number of carbonyl (C=O) groups is 1. The second-order valence-electron chi connectivity index (χ2n) is 5.89. The highest BCUT2D eigenvalue weighted by molar-refractivity contribution is 5.73. The minimum absolute atomic E-state index is 0.0955. The Labute approximate surface area is 136 Å². The maximum absolute atomic E-state index is 11.7. The Morgan fingerprint density at radius 1 is 1.26 bits per heavy atom. The van der Waals surface area contributed by atoms with Crippen LogP contribution in [0.15, 0.2) is 24.3 Å². The van der Waals surface area contributed by atoms with Crippen LogP contribution in [-0.4, -0.2) is 78.9 Å². The van der Waals surface area contributed by atoms with Crippen LogP contribution in [0.2, 0.25) is 0 Å². The minimum Gasteiger partial charge on any atom is -0.508 e. The SMILES string of the molecule is CN1CCN(CCNC(=O)NC[C@@H](O)c2cccc(O)c2)CC1. The van der Waals surface area contributed by atoms with Gasteiger partial charge in [-0.25, -0.2) is 4.79 Å². The zero-order valence-corrected chi connectivity index (χ0v) is 13.5. The molecule has 1 heterocycles. The first kappa shape index (κ1) is 17.5. The molecule has 4 N–H and O–H groups in total. The number of aromatic hydroxyl groups is 1. The average Bonchev–Trinajstić information content (AvgIpc) is 2.54. The lowest BCUT2D eigenvalue weighted by molar-refractivity contribution is 0.154. The van der Waals surface area contributed by atoms with Gasteiger partial charge in [0.2, 0.25) is 0 Å². The van der Waals surface area contributed by atoms with Gasteiger partial charge in [0.15, 0.2) is 0 Å². The first-order valence-electron chi connectivity index (χ1n) is 7.94. The van der Waals surface area contributed by atoms with Crippen LogP contribution < -0.4 is 10.6 Å². The summed E-state index contributed by atoms with van der Waals surface area (Å²) in [5, 5.41) is 24.8. The van der Waals surface area contributed by atoms with Crippen molar-refractivity contribution < 1.29 is 15.0 Å². The Balaban J connectivity index is 1.61. The summed E-state index contributed by atoms with van der Waals surface area (Å²) < 4.78 is 0. The molecule has 1 aliphatic heterocycles. The molecule has 1 aliphatic rings. The van der Waals surface area contributed by atoms with Gasteiger partial charge in [-0.3, -0.25) is 4.90 Å². The smallest absolute Gasteiger partial charge is 0.314 e. The van der Waals surface area contributed by atoms with E-state index in [0.717, 1.165) is 32.7 Å². The predicted molar refractivity (Wildman–Crippen MR) is 88.4 cm³/mol. The molecule has 1 aromatic carbocycles. The van der Waals surface area contributed by atoms with Gasteiger partial charge in [0.05, 0.1) is 6.10 Å². The Bertz CT molecular complexity index is 504. The van der Waals surface area contributed by atoms with Crippen LogP contribution in [0.1, 0.15) is 11.7 Å². The van der Waals surface area contributed by atoms with Gasteiger partial charge in [0, 0.05) is 45.8 Å². The quantitative estimate of drug-likeness (QED) is 0.591. The standard InChI is InChI=1S/C16H26N4O3/c1-19-7-9-20(10-8-19)6-5-17-16(23)18-12-15(22)13-3-2-4-14(21)11-13/h2-4,11,15,21-22H,5-10,12H2,1H3,(H2,17,18,23)/t15-/m1/s1. The first-order valence-corrected chi connectivity index (χ1v) is 7.94. The Morgan fingerprint density at radius 3 is 2.70 bits per heavy atom. The molecule has 2 amide bonds. The van der Waals surface area contributed by atoms with E-state index in [1.165, 1.54) is 12.1 Å². The minimum atomic E-state index is -0.842. The van der Waals surface area contributed by atoms with E-state index in [0.29, 0.717) is 12.1 Å². The van der Waals surface area contributed by atoms with Gasteiger partial charge in [0.25, 0.3) is 0 Å². The number of phenolic OH excluding ortho intramolecular Hbond substituents is 1. The van der Waals surface area contributed by atoms with Crippen molar-refractivity contribution >= 4 is 6.03 Å². The Hall–Kier alpha value is -1.83. The number of nitrogens with zero attached hydrogens (tertiary/aromatic N) is 2. The summed E-state index contributed by atoms with van der Waals surface area (Å²) in [5.74, 6) is 0.0955. The molecule has 1 atom stereocenters. The second-order valence-corrected chi connectivity index (χ2v) is 5.89. The molecule has 7 nitrogen and oxygen atoms in total. The molecule has 1 aromatic rings. The van der Waals surface area contributed by atoms with Gasteiger partial charge in [-0.05, 0) is 24.7 Å². The molecule has 0 aromatic heterocycles. The van der Waals surface area contributed by atoms with E-state index in [1.54, 1.807) is 12.1 Å². The number of likely N-dealkylation sites (N-methyl/N-ethyl adjacent to an activating group) is 1. The third-order valence-corrected chi connectivity index (χ3v) is 4.02. The number of benzene rings is 1. The third-order valence-electron chi connectivity index (χ3n) is 4.02. The summed E-state index contributed by atoms with van der Waals surface area (Å²) in [6.07, 6.45) is -0.842. The fraction of sp³-hybridized carbons (Fsp3) is 0.562. The third kappa shape index (κ3) is 6.05. The lowest BCUT2D eigenvalue weighted by Crippen LogP contribution is -2.48. The highest BCUT2D eigenvalue weighted by Gasteiger charge is 2.14. The molecule has 0 spiro atoms. The van der Waals surface area contributed by atoms with Crippen LogP contribution in [0.25, 0.3) is 0 Å². The van der Waals surface area contributed by atoms with E-state index in [1.807, 2.05) is 0 Å². The zero-order valence-electron chi connectivity index (χ0n) is 13.5. The number of phenols is 1. The fourth-order valence-electron chi connectivity index (χ4n) is 2.50. The monoisotopic (exact) mass is 322 g/mol. The normalized spacial score (nSPS) is 17.7. The largest absolute Gasteiger partial charge is 0.508 e. The number of hydrogen-bond acceptors (Lipinski definition) is 5. The maximum Gasteiger partial charge on any atom is 0.314 e. The van der Waals surface area contributed by atoms with Crippen LogP contribution in [0.3, 0.4) is 0 Å². The van der Waals surface area contributed by atoms with Crippen molar-refractivity contribution in [2.45, 2.75) is 6.10 Å². The van der Waals surface area contributed by atoms with Gasteiger partial charge in [-0.15, -0.1) is 0 Å². The van der Waals surface area contributed by atoms with Crippen molar-refractivity contribution in [2.24, 2.45) is 0 Å². The first-order chi connectivity index (χ1) is 11.0. The molecule has 0 bridgehead atoms. The van der Waals surface area contributed by atoms with Crippen molar-refractivity contribution in [3.05, 3.63) is 29.8 Å². The van der Waals surface area contributed by atoms with Gasteiger partial charge in [0.1, 0.15) is 5.75 Å². The topological polar surface area (TPSA) is 88.1 Å². The highest BCUT2D eigenvalue weighted by atomic mass is 16.3. The molecule has 7 heteroatoms. The molecular weight excluding hydrogens is 296 g/mol. The summed E-state index contributed by atoms with van der Waals surface area (Å²) in [5.41, 5.74) is 0.572. The van der Waals surface area contributed by atoms with Crippen molar-refractivity contribution in [3.63, 3.8) is 0 Å². The molecule has 0 aliphatic carbocycles. The van der Waals surface area contributed by atoms with Crippen molar-refractivity contribution in [3.8, 4) is 5.75 Å². The molecule has 1 fully saturated rings. The molecular formula is C16H26N4O3. The van der Waals surface area contributed by atoms with Crippen molar-refractivity contribution in [2.75, 3.05) is 52.9 Å². The molecule has 0 unspecified atom stereocenters. The maximum atomic E-state index is 11.7. The van der Waals surface area contributed by atoms with Gasteiger partial charge in [-0.2, -0.15) is 0 Å². The molecule has 1 saturated heterocycles. The summed E-state index contributed by atoms with van der Waals surface area (Å²) in [6.45, 7) is 5.68. The van der Waals surface area contributed by atoms with Crippen LogP contribution in [-0.2, 0) is 0 Å². The number of carbonyl (C=O) groups excluding carboxylic acids is 1. The van der Waals surface area contributed by atoms with Gasteiger partial charge < -0.3 is 25.7 Å². The summed E-state index contributed by atoms with van der Waals surface area (Å²) in [4.78, 5) is 16.3. The van der Waals surface area contributed by atoms with E-state index in [2.05, 4.69) is 27.5 Å². The zero-order chi connectivity index (χ0) is 16.7. The van der Waals surface area contributed by atoms with E-state index in [-0.39, 0.29) is 18.3 Å². The lowest BCUT2D eigenvalue weighted by atomic mass is 10.1. The van der Waals surface area contributed by atoms with Gasteiger partial charge >= 0.3 is 6.03 Å². The average molecular weight is 322 g/mol. The number of amides is 2. The summed E-state index contributed by atoms with van der Waals surface area (Å²) in [7, 11) is 2.11. The van der Waals surface area contributed by atoms with E-state index < -0.39 is 6.10 Å². The van der Waals surface area contributed by atoms with Crippen molar-refractivity contribution in [1.29, 1.82) is 0 Å². The van der Waals surface area contributed by atoms with E-state index >= 15 is 0 Å². The van der Waals surface area contributed by atoms with Gasteiger partial charge in [-0.1, -0.05) is 12.1 Å². The molecule has 2 rings (SSSR count). The number of aliphatic hydroxyl groups excluding tert-OH is 1. The van der Waals surface area contributed by atoms with E-state index in [4.69, 9.17) is 0 Å². The van der Waals surface area contributed by atoms with Crippen LogP contribution in [0.4, 0.5) is 4.79 Å². The fourth-order valence-corrected chi connectivity index (χ4v) is 2.50. The molecule has 0 radical (unpaired) electrons. The molecule has 0 saturated carbocycles. The molecule has 128 valence electrons. The number of hydrogen-bond donors (Lipinski definition) is 4. The summed E-state index contributed by atoms with van der Waals surface area (Å²) >= 11 is 0. The number of nitrogens with one attached hydrogen (secondary N) is 2. The highest BCUT2D eigenvalue weighted by Crippen LogP contribution is 2.17. The number of piperazine rings is 1. The van der Waals surface area contributed by atoms with Crippen molar-refractivity contribution in [1.82, 2.24) is 20.4 Å². The summed E-state index contributed by atoms with van der Waals surface area (Å²) in [6, 6.07) is 6.09. The van der Waals surface area contributed by atoms with Crippen LogP contribution in [0, 0.1) is 0 Å². The predicted octanol–water partition coefficient (Wildman–Crippen LogP) is -0.0278. The number of urea groups is 1. The number of aliphatic hydroxyl groups is 1. The Kier molecular flexibility index (Phi) is 6.64. The number of rotatable bonds is 6. The second kappa shape index (κ2) is 8.71. The Morgan fingerprint density at radius 2 is 2.00 bits per heavy atom. The lowest BCUT2D eigenvalue weighted by Gasteiger charge is -2.32. The molecule has 23 heavy (non-hydrogen) atoms.